The number of likely N-dealkylation sites (N-methyl/N-ethyl adjacent to an activating group) is 1. The first-order valence-corrected chi connectivity index (χ1v) is 9.42. The van der Waals surface area contributed by atoms with Crippen LogP contribution in [-0.2, 0) is 23.4 Å². The molecule has 134 valence electrons. The molecule has 0 fully saturated rings. The minimum absolute atomic E-state index is 0.0509. The molecular weight excluding hydrogens is 346 g/mol. The summed E-state index contributed by atoms with van der Waals surface area (Å²) in [6.45, 7) is 6.80. The number of halogens is 1. The van der Waals surface area contributed by atoms with E-state index in [1.165, 1.54) is 22.2 Å². The van der Waals surface area contributed by atoms with E-state index < -0.39 is 5.60 Å². The van der Waals surface area contributed by atoms with Gasteiger partial charge >= 0.3 is 0 Å². The van der Waals surface area contributed by atoms with Gasteiger partial charge in [-0.05, 0) is 50.7 Å². The standard InChI is InChI=1S/C21H22ClN3O/c1-13-4-5-14(9-23-13)21(2)12-25-18-7-6-15(22)8-16(18)17-10-24(3)11-19(26-21)20(17)25/h4-9,19H,10-12H2,1-3H3. The maximum atomic E-state index is 6.70. The molecule has 0 bridgehead atoms. The van der Waals surface area contributed by atoms with Crippen molar-refractivity contribution < 1.29 is 4.74 Å². The number of nitrogens with zero attached hydrogens (tertiary/aromatic N) is 3. The van der Waals surface area contributed by atoms with E-state index in [0.717, 1.165) is 35.9 Å². The molecule has 0 saturated heterocycles. The predicted octanol–water partition coefficient (Wildman–Crippen LogP) is 4.43. The van der Waals surface area contributed by atoms with Gasteiger partial charge in [-0.3, -0.25) is 9.88 Å². The molecule has 2 atom stereocenters. The van der Waals surface area contributed by atoms with Crippen LogP contribution >= 0.6 is 11.6 Å². The lowest BCUT2D eigenvalue weighted by Crippen LogP contribution is -2.44. The number of pyridine rings is 1. The first-order valence-electron chi connectivity index (χ1n) is 9.05. The Bertz CT molecular complexity index is 1010. The number of rotatable bonds is 1. The van der Waals surface area contributed by atoms with E-state index in [1.807, 2.05) is 19.2 Å². The predicted molar refractivity (Wildman–Crippen MR) is 103 cm³/mol. The van der Waals surface area contributed by atoms with Crippen molar-refractivity contribution in [3.63, 3.8) is 0 Å². The highest BCUT2D eigenvalue weighted by atomic mass is 35.5. The van der Waals surface area contributed by atoms with Crippen LogP contribution in [-0.4, -0.2) is 28.0 Å². The summed E-state index contributed by atoms with van der Waals surface area (Å²) in [7, 11) is 2.15. The van der Waals surface area contributed by atoms with Crippen molar-refractivity contribution in [2.75, 3.05) is 13.6 Å². The van der Waals surface area contributed by atoms with E-state index in [1.54, 1.807) is 0 Å². The Balaban J connectivity index is 1.72. The quantitative estimate of drug-likeness (QED) is 0.637. The van der Waals surface area contributed by atoms with Gasteiger partial charge in [0.1, 0.15) is 11.7 Å². The highest BCUT2D eigenvalue weighted by Gasteiger charge is 2.43. The van der Waals surface area contributed by atoms with Gasteiger partial charge in [-0.2, -0.15) is 0 Å². The third-order valence-electron chi connectivity index (χ3n) is 5.77. The summed E-state index contributed by atoms with van der Waals surface area (Å²) in [4.78, 5) is 6.83. The van der Waals surface area contributed by atoms with Crippen molar-refractivity contribution in [1.82, 2.24) is 14.5 Å². The smallest absolute Gasteiger partial charge is 0.112 e. The zero-order chi connectivity index (χ0) is 18.1. The molecule has 26 heavy (non-hydrogen) atoms. The lowest BCUT2D eigenvalue weighted by molar-refractivity contribution is -0.134. The maximum absolute atomic E-state index is 6.70. The van der Waals surface area contributed by atoms with Crippen LogP contribution in [0, 0.1) is 6.92 Å². The fourth-order valence-corrected chi connectivity index (χ4v) is 4.68. The van der Waals surface area contributed by atoms with E-state index in [0.29, 0.717) is 0 Å². The molecule has 4 heterocycles. The fraction of sp³-hybridized carbons (Fsp3) is 0.381. The molecule has 0 radical (unpaired) electrons. The number of aryl methyl sites for hydroxylation is 1. The van der Waals surface area contributed by atoms with Crippen LogP contribution in [0.4, 0.5) is 0 Å². The summed E-state index contributed by atoms with van der Waals surface area (Å²) in [6, 6.07) is 10.4. The van der Waals surface area contributed by atoms with Gasteiger partial charge in [-0.25, -0.2) is 0 Å². The highest BCUT2D eigenvalue weighted by molar-refractivity contribution is 6.31. The molecule has 0 amide bonds. The van der Waals surface area contributed by atoms with Gasteiger partial charge in [0, 0.05) is 46.5 Å². The maximum Gasteiger partial charge on any atom is 0.112 e. The number of aromatic nitrogens is 2. The Labute approximate surface area is 158 Å². The number of hydrogen-bond donors (Lipinski definition) is 0. The van der Waals surface area contributed by atoms with E-state index in [2.05, 4.69) is 52.7 Å². The Hall–Kier alpha value is -1.88. The van der Waals surface area contributed by atoms with Gasteiger partial charge in [0.05, 0.1) is 12.2 Å². The van der Waals surface area contributed by atoms with Crippen molar-refractivity contribution >= 4 is 22.5 Å². The summed E-state index contributed by atoms with van der Waals surface area (Å²) >= 11 is 6.31. The largest absolute Gasteiger partial charge is 0.358 e. The van der Waals surface area contributed by atoms with Gasteiger partial charge < -0.3 is 9.30 Å². The second-order valence-corrected chi connectivity index (χ2v) is 8.27. The van der Waals surface area contributed by atoms with Crippen molar-refractivity contribution in [3.05, 3.63) is 64.1 Å². The lowest BCUT2D eigenvalue weighted by Gasteiger charge is -2.44. The first-order chi connectivity index (χ1) is 12.4. The number of ether oxygens (including phenoxy) is 1. The van der Waals surface area contributed by atoms with Gasteiger partial charge in [0.25, 0.3) is 0 Å². The molecule has 2 aromatic heterocycles. The molecular formula is C21H22ClN3O. The summed E-state index contributed by atoms with van der Waals surface area (Å²) in [6.07, 6.45) is 2.01. The molecule has 0 saturated carbocycles. The lowest BCUT2D eigenvalue weighted by atomic mass is 9.93. The highest BCUT2D eigenvalue weighted by Crippen LogP contribution is 2.46. The van der Waals surface area contributed by atoms with Crippen LogP contribution in [0.2, 0.25) is 5.02 Å². The van der Waals surface area contributed by atoms with Crippen LogP contribution in [0.3, 0.4) is 0 Å². The fourth-order valence-electron chi connectivity index (χ4n) is 4.51. The summed E-state index contributed by atoms with van der Waals surface area (Å²) in [5.41, 5.74) is 5.66. The Kier molecular flexibility index (Phi) is 3.48. The molecule has 5 heteroatoms. The zero-order valence-electron chi connectivity index (χ0n) is 15.3. The summed E-state index contributed by atoms with van der Waals surface area (Å²) < 4.78 is 9.15. The number of fused-ring (bicyclic) bond motifs is 3. The normalized spacial score (nSPS) is 25.5. The molecule has 4 nitrogen and oxygen atoms in total. The molecule has 0 aliphatic carbocycles. The monoisotopic (exact) mass is 367 g/mol. The van der Waals surface area contributed by atoms with Crippen molar-refractivity contribution in [2.24, 2.45) is 0 Å². The van der Waals surface area contributed by atoms with E-state index in [9.17, 15) is 0 Å². The minimum atomic E-state index is -0.403. The van der Waals surface area contributed by atoms with E-state index in [4.69, 9.17) is 16.3 Å². The van der Waals surface area contributed by atoms with Crippen molar-refractivity contribution in [2.45, 2.75) is 38.6 Å². The van der Waals surface area contributed by atoms with Gasteiger partial charge in [-0.1, -0.05) is 17.7 Å². The minimum Gasteiger partial charge on any atom is -0.358 e. The number of benzene rings is 1. The Morgan fingerprint density at radius 3 is 2.88 bits per heavy atom. The second kappa shape index (κ2) is 5.56. The van der Waals surface area contributed by atoms with Crippen molar-refractivity contribution in [1.29, 1.82) is 0 Å². The van der Waals surface area contributed by atoms with Crippen LogP contribution in [0.1, 0.15) is 35.5 Å². The average molecular weight is 368 g/mol. The van der Waals surface area contributed by atoms with Crippen LogP contribution in [0.5, 0.6) is 0 Å². The summed E-state index contributed by atoms with van der Waals surface area (Å²) in [5, 5.41) is 2.03. The Morgan fingerprint density at radius 1 is 1.27 bits per heavy atom. The van der Waals surface area contributed by atoms with Gasteiger partial charge in [0.2, 0.25) is 0 Å². The molecule has 5 rings (SSSR count). The van der Waals surface area contributed by atoms with Crippen LogP contribution < -0.4 is 0 Å². The van der Waals surface area contributed by atoms with E-state index in [-0.39, 0.29) is 6.10 Å². The van der Waals surface area contributed by atoms with Gasteiger partial charge in [0.15, 0.2) is 0 Å². The van der Waals surface area contributed by atoms with Gasteiger partial charge in [-0.15, -0.1) is 0 Å². The molecule has 3 aromatic rings. The summed E-state index contributed by atoms with van der Waals surface area (Å²) in [5.74, 6) is 0. The topological polar surface area (TPSA) is 30.3 Å². The Morgan fingerprint density at radius 2 is 2.12 bits per heavy atom. The average Bonchev–Trinajstić information content (AvgIpc) is 2.89. The molecule has 2 aliphatic heterocycles. The molecule has 2 unspecified atom stereocenters. The van der Waals surface area contributed by atoms with Crippen LogP contribution in [0.15, 0.2) is 36.5 Å². The number of hydrogen-bond acceptors (Lipinski definition) is 3. The van der Waals surface area contributed by atoms with Crippen molar-refractivity contribution in [3.8, 4) is 0 Å². The third kappa shape index (κ3) is 2.33. The first kappa shape index (κ1) is 16.3. The molecule has 2 aliphatic rings. The molecule has 0 spiro atoms. The van der Waals surface area contributed by atoms with Crippen LogP contribution in [0.25, 0.3) is 10.9 Å². The zero-order valence-corrected chi connectivity index (χ0v) is 16.0. The SMILES string of the molecule is Cc1ccc(C2(C)Cn3c4c(c5cc(Cl)ccc53)CN(C)CC4O2)cn1. The molecule has 0 N–H and O–H groups in total. The third-order valence-corrected chi connectivity index (χ3v) is 6.00. The second-order valence-electron chi connectivity index (χ2n) is 7.83. The molecule has 1 aromatic carbocycles. The van der Waals surface area contributed by atoms with E-state index >= 15 is 0 Å².